The topological polar surface area (TPSA) is 43.9 Å². The van der Waals surface area contributed by atoms with Gasteiger partial charge in [-0.05, 0) is 30.2 Å². The Morgan fingerprint density at radius 1 is 1.08 bits per heavy atom. The van der Waals surface area contributed by atoms with Gasteiger partial charge in [0.15, 0.2) is 0 Å². The van der Waals surface area contributed by atoms with Crippen molar-refractivity contribution in [3.63, 3.8) is 0 Å². The Kier molecular flexibility index (Phi) is 4.85. The van der Waals surface area contributed by atoms with Crippen molar-refractivity contribution in [3.8, 4) is 0 Å². The number of likely N-dealkylation sites (tertiary alicyclic amines) is 1. The van der Waals surface area contributed by atoms with Crippen LogP contribution >= 0.6 is 0 Å². The molecule has 2 heterocycles. The van der Waals surface area contributed by atoms with E-state index in [9.17, 15) is 14.0 Å². The minimum absolute atomic E-state index is 0.0519. The molecule has 1 aromatic rings. The van der Waals surface area contributed by atoms with Crippen molar-refractivity contribution >= 4 is 17.5 Å². The van der Waals surface area contributed by atoms with Crippen LogP contribution in [0.2, 0.25) is 0 Å². The highest BCUT2D eigenvalue weighted by Crippen LogP contribution is 2.23. The summed E-state index contributed by atoms with van der Waals surface area (Å²) in [6.45, 7) is 7.53. The quantitative estimate of drug-likeness (QED) is 0.787. The molecule has 2 saturated heterocycles. The van der Waals surface area contributed by atoms with Crippen LogP contribution in [-0.4, -0.2) is 60.4 Å². The first-order chi connectivity index (χ1) is 11.5. The number of anilines is 1. The number of carbonyl (C=O) groups is 2. The van der Waals surface area contributed by atoms with Gasteiger partial charge in [-0.1, -0.05) is 13.8 Å². The van der Waals surface area contributed by atoms with Crippen LogP contribution in [0.5, 0.6) is 0 Å². The van der Waals surface area contributed by atoms with Crippen molar-refractivity contribution in [1.29, 1.82) is 0 Å². The zero-order valence-corrected chi connectivity index (χ0v) is 14.2. The van der Waals surface area contributed by atoms with Crippen molar-refractivity contribution < 1.29 is 14.0 Å². The summed E-state index contributed by atoms with van der Waals surface area (Å²) in [5.41, 5.74) is 0.992. The van der Waals surface area contributed by atoms with E-state index in [4.69, 9.17) is 0 Å². The largest absolute Gasteiger partial charge is 0.369 e. The summed E-state index contributed by atoms with van der Waals surface area (Å²) in [6.07, 6.45) is 0.294. The van der Waals surface area contributed by atoms with Gasteiger partial charge in [-0.15, -0.1) is 0 Å². The van der Waals surface area contributed by atoms with Crippen LogP contribution in [0.1, 0.15) is 20.3 Å². The molecule has 3 rings (SSSR count). The highest BCUT2D eigenvalue weighted by atomic mass is 19.1. The molecule has 1 unspecified atom stereocenters. The lowest BCUT2D eigenvalue weighted by Gasteiger charge is -2.38. The van der Waals surface area contributed by atoms with Gasteiger partial charge in [-0.3, -0.25) is 19.4 Å². The van der Waals surface area contributed by atoms with Crippen LogP contribution in [0.3, 0.4) is 0 Å². The molecule has 2 aliphatic heterocycles. The van der Waals surface area contributed by atoms with Gasteiger partial charge in [0.25, 0.3) is 0 Å². The standard InChI is InChI=1S/C18H24FN3O2/c1-13(2)12-22-17(23)11-16(18(22)24)21-9-7-20(8-10-21)15-5-3-14(19)4-6-15/h3-6,13,16H,7-12H2,1-2H3. The van der Waals surface area contributed by atoms with E-state index in [0.29, 0.717) is 13.0 Å². The summed E-state index contributed by atoms with van der Waals surface area (Å²) in [4.78, 5) is 30.4. The van der Waals surface area contributed by atoms with Gasteiger partial charge in [-0.25, -0.2) is 4.39 Å². The molecule has 0 radical (unpaired) electrons. The van der Waals surface area contributed by atoms with Gasteiger partial charge in [0.1, 0.15) is 5.82 Å². The lowest BCUT2D eigenvalue weighted by atomic mass is 10.1. The molecule has 1 aromatic carbocycles. The predicted octanol–water partition coefficient (Wildman–Crippen LogP) is 1.73. The number of carbonyl (C=O) groups excluding carboxylic acids is 2. The Hall–Kier alpha value is -1.95. The maximum atomic E-state index is 13.0. The molecule has 1 atom stereocenters. The summed E-state index contributed by atoms with van der Waals surface area (Å²) in [5.74, 6) is -0.0618. The second-order valence-electron chi connectivity index (χ2n) is 6.96. The summed E-state index contributed by atoms with van der Waals surface area (Å²) >= 11 is 0. The number of amides is 2. The third kappa shape index (κ3) is 3.43. The zero-order valence-electron chi connectivity index (χ0n) is 14.2. The molecule has 2 aliphatic rings. The van der Waals surface area contributed by atoms with E-state index < -0.39 is 0 Å². The van der Waals surface area contributed by atoms with E-state index >= 15 is 0 Å². The minimum atomic E-state index is -0.313. The summed E-state index contributed by atoms with van der Waals surface area (Å²) < 4.78 is 13.0. The second-order valence-corrected chi connectivity index (χ2v) is 6.96. The molecule has 24 heavy (non-hydrogen) atoms. The minimum Gasteiger partial charge on any atom is -0.369 e. The average molecular weight is 333 g/mol. The maximum absolute atomic E-state index is 13.0. The van der Waals surface area contributed by atoms with Crippen LogP contribution in [0, 0.1) is 11.7 Å². The summed E-state index contributed by atoms with van der Waals surface area (Å²) in [5, 5.41) is 0. The van der Waals surface area contributed by atoms with Gasteiger partial charge in [0, 0.05) is 38.4 Å². The van der Waals surface area contributed by atoms with Crippen molar-refractivity contribution in [2.24, 2.45) is 5.92 Å². The van der Waals surface area contributed by atoms with E-state index in [1.165, 1.54) is 17.0 Å². The predicted molar refractivity (Wildman–Crippen MR) is 90.1 cm³/mol. The SMILES string of the molecule is CC(C)CN1C(=O)CC(N2CCN(c3ccc(F)cc3)CC2)C1=O. The smallest absolute Gasteiger partial charge is 0.247 e. The molecule has 130 valence electrons. The lowest BCUT2D eigenvalue weighted by molar-refractivity contribution is -0.140. The van der Waals surface area contributed by atoms with Crippen LogP contribution < -0.4 is 4.90 Å². The maximum Gasteiger partial charge on any atom is 0.247 e. The average Bonchev–Trinajstić information content (AvgIpc) is 2.83. The first kappa shape index (κ1) is 16.9. The highest BCUT2D eigenvalue weighted by molar-refractivity contribution is 6.05. The Balaban J connectivity index is 1.60. The van der Waals surface area contributed by atoms with Crippen molar-refractivity contribution in [2.45, 2.75) is 26.3 Å². The van der Waals surface area contributed by atoms with Crippen LogP contribution in [0.15, 0.2) is 24.3 Å². The Labute approximate surface area is 142 Å². The molecule has 0 spiro atoms. The molecule has 5 nitrogen and oxygen atoms in total. The van der Waals surface area contributed by atoms with Gasteiger partial charge >= 0.3 is 0 Å². The van der Waals surface area contributed by atoms with Gasteiger partial charge in [0.2, 0.25) is 11.8 Å². The fraction of sp³-hybridized carbons (Fsp3) is 0.556. The summed E-state index contributed by atoms with van der Waals surface area (Å²) in [7, 11) is 0. The molecular formula is C18H24FN3O2. The third-order valence-electron chi connectivity index (χ3n) is 4.71. The number of hydrogen-bond donors (Lipinski definition) is 0. The van der Waals surface area contributed by atoms with E-state index in [1.54, 1.807) is 12.1 Å². The summed E-state index contributed by atoms with van der Waals surface area (Å²) in [6, 6.07) is 6.17. The number of halogens is 1. The number of hydrogen-bond acceptors (Lipinski definition) is 4. The number of nitrogens with zero attached hydrogens (tertiary/aromatic N) is 3. The monoisotopic (exact) mass is 333 g/mol. The second kappa shape index (κ2) is 6.89. The molecule has 0 aromatic heterocycles. The Morgan fingerprint density at radius 3 is 2.29 bits per heavy atom. The van der Waals surface area contributed by atoms with E-state index in [2.05, 4.69) is 9.80 Å². The van der Waals surface area contributed by atoms with Crippen molar-refractivity contribution in [2.75, 3.05) is 37.6 Å². The molecule has 0 N–H and O–H groups in total. The van der Waals surface area contributed by atoms with Crippen molar-refractivity contribution in [1.82, 2.24) is 9.80 Å². The van der Waals surface area contributed by atoms with Gasteiger partial charge in [0.05, 0.1) is 12.5 Å². The lowest BCUT2D eigenvalue weighted by Crippen LogP contribution is -2.52. The fourth-order valence-electron chi connectivity index (χ4n) is 3.45. The highest BCUT2D eigenvalue weighted by Gasteiger charge is 2.42. The third-order valence-corrected chi connectivity index (χ3v) is 4.71. The van der Waals surface area contributed by atoms with Gasteiger partial charge in [-0.2, -0.15) is 0 Å². The molecule has 6 heteroatoms. The molecular weight excluding hydrogens is 309 g/mol. The normalized spacial score (nSPS) is 22.8. The first-order valence-electron chi connectivity index (χ1n) is 8.54. The first-order valence-corrected chi connectivity index (χ1v) is 8.54. The van der Waals surface area contributed by atoms with E-state index in [1.807, 2.05) is 13.8 Å². The van der Waals surface area contributed by atoms with Gasteiger partial charge < -0.3 is 4.90 Å². The Morgan fingerprint density at radius 2 is 1.71 bits per heavy atom. The van der Waals surface area contributed by atoms with E-state index in [0.717, 1.165) is 31.9 Å². The molecule has 0 saturated carbocycles. The van der Waals surface area contributed by atoms with E-state index in [-0.39, 0.29) is 29.6 Å². The molecule has 0 bridgehead atoms. The number of imide groups is 1. The van der Waals surface area contributed by atoms with Crippen molar-refractivity contribution in [3.05, 3.63) is 30.1 Å². The molecule has 2 amide bonds. The molecule has 0 aliphatic carbocycles. The van der Waals surface area contributed by atoms with Crippen LogP contribution in [0.25, 0.3) is 0 Å². The zero-order chi connectivity index (χ0) is 17.3. The number of piperazine rings is 1. The van der Waals surface area contributed by atoms with Crippen LogP contribution in [-0.2, 0) is 9.59 Å². The molecule has 2 fully saturated rings. The Bertz CT molecular complexity index is 609. The van der Waals surface area contributed by atoms with Crippen LogP contribution in [0.4, 0.5) is 10.1 Å². The fourth-order valence-corrected chi connectivity index (χ4v) is 3.45. The number of rotatable bonds is 4. The number of benzene rings is 1.